The number of carbonyl (C=O) groups is 1. The normalized spacial score (nSPS) is 9.39. The molecule has 0 aliphatic carbocycles. The van der Waals surface area contributed by atoms with Crippen molar-refractivity contribution in [1.82, 2.24) is 4.98 Å². The summed E-state index contributed by atoms with van der Waals surface area (Å²) in [7, 11) is 0. The van der Waals surface area contributed by atoms with Crippen LogP contribution in [-0.2, 0) is 0 Å². The van der Waals surface area contributed by atoms with Gasteiger partial charge in [0, 0.05) is 17.3 Å². The zero-order valence-electron chi connectivity index (χ0n) is 9.22. The van der Waals surface area contributed by atoms with E-state index in [0.29, 0.717) is 5.56 Å². The fraction of sp³-hybridized carbons (Fsp3) is 0. The quantitative estimate of drug-likeness (QED) is 0.779. The summed E-state index contributed by atoms with van der Waals surface area (Å²) in [6.45, 7) is 0. The van der Waals surface area contributed by atoms with Crippen LogP contribution in [0.15, 0.2) is 42.6 Å². The molecule has 1 aromatic carbocycles. The molecule has 0 bridgehead atoms. The summed E-state index contributed by atoms with van der Waals surface area (Å²) >= 11 is 0. The number of aromatic nitrogens is 1. The maximum absolute atomic E-state index is 13.3. The van der Waals surface area contributed by atoms with E-state index >= 15 is 0 Å². The lowest BCUT2D eigenvalue weighted by atomic mass is 10.2. The third-order valence-electron chi connectivity index (χ3n) is 2.17. The number of halogens is 1. The molecule has 1 N–H and O–H groups in total. The van der Waals surface area contributed by atoms with Crippen LogP contribution in [0.3, 0.4) is 0 Å². The van der Waals surface area contributed by atoms with Crippen LogP contribution >= 0.6 is 0 Å². The van der Waals surface area contributed by atoms with Crippen LogP contribution in [0.1, 0.15) is 21.6 Å². The Morgan fingerprint density at radius 3 is 2.44 bits per heavy atom. The van der Waals surface area contributed by atoms with Gasteiger partial charge in [-0.15, -0.1) is 0 Å². The van der Waals surface area contributed by atoms with Crippen LogP contribution < -0.4 is 0 Å². The number of rotatable bonds is 1. The second kappa shape index (κ2) is 5.11. The molecule has 2 aromatic rings. The minimum atomic E-state index is -1.39. The van der Waals surface area contributed by atoms with Gasteiger partial charge < -0.3 is 5.11 Å². The Balaban J connectivity index is 2.29. The van der Waals surface area contributed by atoms with Gasteiger partial charge in [-0.25, -0.2) is 14.2 Å². The molecule has 2 rings (SSSR count). The summed E-state index contributed by atoms with van der Waals surface area (Å²) < 4.78 is 13.3. The van der Waals surface area contributed by atoms with Gasteiger partial charge in [0.05, 0.1) is 0 Å². The first-order chi connectivity index (χ1) is 8.66. The first kappa shape index (κ1) is 11.8. The lowest BCUT2D eigenvalue weighted by Crippen LogP contribution is -2.04. The Kier molecular flexibility index (Phi) is 3.35. The van der Waals surface area contributed by atoms with Crippen molar-refractivity contribution in [1.29, 1.82) is 0 Å². The Bertz CT molecular complexity index is 642. The second-order valence-corrected chi connectivity index (χ2v) is 3.48. The highest BCUT2D eigenvalue weighted by atomic mass is 19.1. The van der Waals surface area contributed by atoms with Gasteiger partial charge in [-0.1, -0.05) is 30.0 Å². The Hall–Kier alpha value is -2.67. The van der Waals surface area contributed by atoms with Gasteiger partial charge in [-0.2, -0.15) is 0 Å². The molecule has 1 heterocycles. The molecular weight excluding hydrogens is 233 g/mol. The average molecular weight is 241 g/mol. The Labute approximate surface area is 103 Å². The maximum atomic E-state index is 13.3. The molecule has 18 heavy (non-hydrogen) atoms. The zero-order chi connectivity index (χ0) is 13.0. The topological polar surface area (TPSA) is 50.2 Å². The molecule has 0 amide bonds. The van der Waals surface area contributed by atoms with Crippen LogP contribution in [0, 0.1) is 17.7 Å². The van der Waals surface area contributed by atoms with E-state index in [1.165, 1.54) is 6.20 Å². The lowest BCUT2D eigenvalue weighted by molar-refractivity contribution is 0.0685. The van der Waals surface area contributed by atoms with Gasteiger partial charge in [-0.3, -0.25) is 0 Å². The molecule has 0 saturated carbocycles. The lowest BCUT2D eigenvalue weighted by Gasteiger charge is -1.96. The van der Waals surface area contributed by atoms with Crippen molar-refractivity contribution in [2.24, 2.45) is 0 Å². The summed E-state index contributed by atoms with van der Waals surface area (Å²) in [5.74, 6) is 3.28. The van der Waals surface area contributed by atoms with E-state index in [-0.39, 0.29) is 0 Å². The minimum absolute atomic E-state index is 0.335. The summed E-state index contributed by atoms with van der Waals surface area (Å²) in [5.41, 5.74) is 0.529. The van der Waals surface area contributed by atoms with Gasteiger partial charge in [0.1, 0.15) is 0 Å². The number of carboxylic acids is 1. The monoisotopic (exact) mass is 241 g/mol. The summed E-state index contributed by atoms with van der Waals surface area (Å²) in [6, 6.07) is 10.3. The SMILES string of the molecule is O=C(O)c1ncc(C#Cc2ccccc2)cc1F. The highest BCUT2D eigenvalue weighted by molar-refractivity contribution is 5.85. The smallest absolute Gasteiger partial charge is 0.357 e. The van der Waals surface area contributed by atoms with Gasteiger partial charge in [0.15, 0.2) is 11.5 Å². The molecule has 0 saturated heterocycles. The number of benzene rings is 1. The van der Waals surface area contributed by atoms with Crippen molar-refractivity contribution in [2.75, 3.05) is 0 Å². The third-order valence-corrected chi connectivity index (χ3v) is 2.17. The zero-order valence-corrected chi connectivity index (χ0v) is 9.22. The van der Waals surface area contributed by atoms with Gasteiger partial charge in [0.25, 0.3) is 0 Å². The fourth-order valence-corrected chi connectivity index (χ4v) is 1.33. The molecule has 4 heteroatoms. The molecule has 1 aromatic heterocycles. The van der Waals surface area contributed by atoms with Crippen LogP contribution in [0.25, 0.3) is 0 Å². The molecule has 88 valence electrons. The van der Waals surface area contributed by atoms with Gasteiger partial charge in [0.2, 0.25) is 0 Å². The molecule has 0 spiro atoms. The van der Waals surface area contributed by atoms with Crippen LogP contribution in [0.2, 0.25) is 0 Å². The van der Waals surface area contributed by atoms with E-state index in [1.807, 2.05) is 30.3 Å². The van der Waals surface area contributed by atoms with E-state index < -0.39 is 17.5 Å². The Morgan fingerprint density at radius 2 is 1.83 bits per heavy atom. The molecule has 3 nitrogen and oxygen atoms in total. The number of aromatic carboxylic acids is 1. The first-order valence-electron chi connectivity index (χ1n) is 5.13. The van der Waals surface area contributed by atoms with E-state index in [1.54, 1.807) is 0 Å². The van der Waals surface area contributed by atoms with Crippen molar-refractivity contribution in [3.05, 3.63) is 65.2 Å². The number of pyridine rings is 1. The summed E-state index contributed by atoms with van der Waals surface area (Å²) in [4.78, 5) is 14.1. The third kappa shape index (κ3) is 2.71. The number of carboxylic acid groups (broad SMARTS) is 1. The molecule has 0 unspecified atom stereocenters. The van der Waals surface area contributed by atoms with Crippen molar-refractivity contribution in [2.45, 2.75) is 0 Å². The van der Waals surface area contributed by atoms with Crippen LogP contribution in [-0.4, -0.2) is 16.1 Å². The molecular formula is C14H8FNO2. The van der Waals surface area contributed by atoms with Crippen molar-refractivity contribution >= 4 is 5.97 Å². The number of hydrogen-bond donors (Lipinski definition) is 1. The van der Waals surface area contributed by atoms with Gasteiger partial charge in [-0.05, 0) is 18.2 Å². The van der Waals surface area contributed by atoms with Crippen molar-refractivity contribution in [3.63, 3.8) is 0 Å². The molecule has 0 aliphatic rings. The average Bonchev–Trinajstić information content (AvgIpc) is 2.37. The predicted octanol–water partition coefficient (Wildman–Crippen LogP) is 2.32. The first-order valence-corrected chi connectivity index (χ1v) is 5.13. The minimum Gasteiger partial charge on any atom is -0.476 e. The van der Waals surface area contributed by atoms with E-state index in [9.17, 15) is 9.18 Å². The highest BCUT2D eigenvalue weighted by Gasteiger charge is 2.11. The summed E-state index contributed by atoms with van der Waals surface area (Å²) in [6.07, 6.45) is 1.24. The van der Waals surface area contributed by atoms with Crippen LogP contribution in [0.5, 0.6) is 0 Å². The number of nitrogens with zero attached hydrogens (tertiary/aromatic N) is 1. The number of hydrogen-bond acceptors (Lipinski definition) is 2. The molecule has 0 radical (unpaired) electrons. The second-order valence-electron chi connectivity index (χ2n) is 3.48. The van der Waals surface area contributed by atoms with E-state index in [2.05, 4.69) is 16.8 Å². The molecule has 0 atom stereocenters. The van der Waals surface area contributed by atoms with Crippen molar-refractivity contribution in [3.8, 4) is 11.8 Å². The van der Waals surface area contributed by atoms with Crippen LogP contribution in [0.4, 0.5) is 4.39 Å². The highest BCUT2D eigenvalue weighted by Crippen LogP contribution is 2.06. The molecule has 0 fully saturated rings. The van der Waals surface area contributed by atoms with E-state index in [0.717, 1.165) is 11.6 Å². The van der Waals surface area contributed by atoms with Crippen molar-refractivity contribution < 1.29 is 14.3 Å². The molecule has 0 aliphatic heterocycles. The predicted molar refractivity (Wildman–Crippen MR) is 63.6 cm³/mol. The summed E-state index contributed by atoms with van der Waals surface area (Å²) in [5, 5.41) is 8.63. The standard InChI is InChI=1S/C14H8FNO2/c15-12-8-11(9-16-13(12)14(17)18)7-6-10-4-2-1-3-5-10/h1-5,8-9H,(H,17,18). The Morgan fingerprint density at radius 1 is 1.17 bits per heavy atom. The maximum Gasteiger partial charge on any atom is 0.357 e. The largest absolute Gasteiger partial charge is 0.476 e. The fourth-order valence-electron chi connectivity index (χ4n) is 1.33. The van der Waals surface area contributed by atoms with Gasteiger partial charge >= 0.3 is 5.97 Å². The van der Waals surface area contributed by atoms with E-state index in [4.69, 9.17) is 5.11 Å².